The van der Waals surface area contributed by atoms with Gasteiger partial charge >= 0.3 is 0 Å². The second kappa shape index (κ2) is 8.43. The minimum Gasteiger partial charge on any atom is -0.345 e. The number of hydrogen-bond donors (Lipinski definition) is 2. The maximum absolute atomic E-state index is 12.5. The number of amides is 1. The molecular formula is C22H21N3O3. The number of carbonyl (C=O) groups is 2. The van der Waals surface area contributed by atoms with E-state index in [0.717, 1.165) is 11.1 Å². The van der Waals surface area contributed by atoms with Gasteiger partial charge in [0.15, 0.2) is 5.78 Å². The number of Topliss-reactive ketones (excluding diaryl/α,β-unsaturated/α-hetero) is 1. The first-order chi connectivity index (χ1) is 13.5. The predicted octanol–water partition coefficient (Wildman–Crippen LogP) is 2.92. The van der Waals surface area contributed by atoms with E-state index in [1.54, 1.807) is 43.5 Å². The fraction of sp³-hybridized carbons (Fsp3) is 0.182. The fourth-order valence-electron chi connectivity index (χ4n) is 2.93. The maximum atomic E-state index is 12.5. The molecule has 0 spiro atoms. The average Bonchev–Trinajstić information content (AvgIpc) is 2.72. The van der Waals surface area contributed by atoms with Crippen molar-refractivity contribution >= 4 is 11.7 Å². The first kappa shape index (κ1) is 19.2. The lowest BCUT2D eigenvalue weighted by Crippen LogP contribution is -2.29. The Bertz CT molecular complexity index is 1070. The van der Waals surface area contributed by atoms with Crippen LogP contribution in [0.15, 0.2) is 59.7 Å². The van der Waals surface area contributed by atoms with Gasteiger partial charge in [-0.15, -0.1) is 0 Å². The molecule has 3 rings (SSSR count). The molecule has 6 nitrogen and oxygen atoms in total. The Hall–Kier alpha value is -3.54. The number of rotatable bonds is 6. The molecule has 0 fully saturated rings. The number of aromatic amines is 1. The SMILES string of the molecule is CCc1cc(-c2cncc(C(=O)NCC(=O)c3ccccc3)c2)c(C)[nH]c1=O. The lowest BCUT2D eigenvalue weighted by Gasteiger charge is -2.10. The van der Waals surface area contributed by atoms with Crippen LogP contribution in [0.2, 0.25) is 0 Å². The zero-order valence-corrected chi connectivity index (χ0v) is 15.8. The van der Waals surface area contributed by atoms with E-state index in [4.69, 9.17) is 0 Å². The molecule has 0 aliphatic carbocycles. The Kier molecular flexibility index (Phi) is 5.79. The number of ketones is 1. The molecule has 0 atom stereocenters. The summed E-state index contributed by atoms with van der Waals surface area (Å²) in [6, 6.07) is 12.3. The number of H-pyrrole nitrogens is 1. The summed E-state index contributed by atoms with van der Waals surface area (Å²) >= 11 is 0. The number of pyridine rings is 2. The molecule has 0 saturated heterocycles. The fourth-order valence-corrected chi connectivity index (χ4v) is 2.93. The smallest absolute Gasteiger partial charge is 0.253 e. The normalized spacial score (nSPS) is 10.5. The number of aromatic nitrogens is 2. The number of aryl methyl sites for hydroxylation is 2. The van der Waals surface area contributed by atoms with Crippen molar-refractivity contribution in [2.24, 2.45) is 0 Å². The lowest BCUT2D eigenvalue weighted by molar-refractivity contribution is 0.0904. The summed E-state index contributed by atoms with van der Waals surface area (Å²) in [5.74, 6) is -0.543. The Balaban J connectivity index is 1.79. The third kappa shape index (κ3) is 4.23. The van der Waals surface area contributed by atoms with Crippen molar-refractivity contribution in [3.63, 3.8) is 0 Å². The third-order valence-corrected chi connectivity index (χ3v) is 4.51. The van der Waals surface area contributed by atoms with Gasteiger partial charge in [-0.2, -0.15) is 0 Å². The van der Waals surface area contributed by atoms with Crippen LogP contribution in [0.1, 0.15) is 38.9 Å². The number of nitrogens with one attached hydrogen (secondary N) is 2. The van der Waals surface area contributed by atoms with Gasteiger partial charge in [-0.05, 0) is 25.5 Å². The first-order valence-corrected chi connectivity index (χ1v) is 9.04. The number of hydrogen-bond acceptors (Lipinski definition) is 4. The van der Waals surface area contributed by atoms with E-state index in [1.807, 2.05) is 19.1 Å². The van der Waals surface area contributed by atoms with Crippen molar-refractivity contribution in [1.29, 1.82) is 0 Å². The Morgan fingerprint density at radius 2 is 1.82 bits per heavy atom. The minimum atomic E-state index is -0.378. The van der Waals surface area contributed by atoms with Crippen molar-refractivity contribution in [3.05, 3.63) is 87.6 Å². The molecule has 0 aliphatic heterocycles. The molecule has 142 valence electrons. The van der Waals surface area contributed by atoms with Crippen molar-refractivity contribution in [2.45, 2.75) is 20.3 Å². The minimum absolute atomic E-state index is 0.0925. The third-order valence-electron chi connectivity index (χ3n) is 4.51. The van der Waals surface area contributed by atoms with Gasteiger partial charge in [0.2, 0.25) is 0 Å². The van der Waals surface area contributed by atoms with Crippen molar-refractivity contribution < 1.29 is 9.59 Å². The number of benzene rings is 1. The lowest BCUT2D eigenvalue weighted by atomic mass is 10.0. The van der Waals surface area contributed by atoms with Crippen molar-refractivity contribution in [3.8, 4) is 11.1 Å². The van der Waals surface area contributed by atoms with Gasteiger partial charge in [0.1, 0.15) is 0 Å². The molecule has 3 aromatic rings. The summed E-state index contributed by atoms with van der Waals surface area (Å²) < 4.78 is 0. The zero-order valence-electron chi connectivity index (χ0n) is 15.8. The summed E-state index contributed by atoms with van der Waals surface area (Å²) in [6.07, 6.45) is 3.71. The Morgan fingerprint density at radius 3 is 2.54 bits per heavy atom. The van der Waals surface area contributed by atoms with Crippen molar-refractivity contribution in [1.82, 2.24) is 15.3 Å². The molecule has 2 heterocycles. The molecule has 0 saturated carbocycles. The monoisotopic (exact) mass is 375 g/mol. The highest BCUT2D eigenvalue weighted by molar-refractivity contribution is 6.02. The molecule has 0 radical (unpaired) electrons. The van der Waals surface area contributed by atoms with E-state index < -0.39 is 0 Å². The first-order valence-electron chi connectivity index (χ1n) is 9.04. The van der Waals surface area contributed by atoms with E-state index in [2.05, 4.69) is 15.3 Å². The highest BCUT2D eigenvalue weighted by atomic mass is 16.2. The Morgan fingerprint density at radius 1 is 1.07 bits per heavy atom. The van der Waals surface area contributed by atoms with Crippen LogP contribution in [0, 0.1) is 6.92 Å². The van der Waals surface area contributed by atoms with Crippen LogP contribution >= 0.6 is 0 Å². The summed E-state index contributed by atoms with van der Waals surface area (Å²) in [5, 5.41) is 2.64. The van der Waals surface area contributed by atoms with Gasteiger partial charge in [-0.25, -0.2) is 0 Å². The molecule has 2 aromatic heterocycles. The topological polar surface area (TPSA) is 91.9 Å². The van der Waals surface area contributed by atoms with Crippen LogP contribution in [0.4, 0.5) is 0 Å². The van der Waals surface area contributed by atoms with Gasteiger partial charge in [0.25, 0.3) is 11.5 Å². The second-order valence-corrected chi connectivity index (χ2v) is 6.45. The molecule has 28 heavy (non-hydrogen) atoms. The zero-order chi connectivity index (χ0) is 20.1. The van der Waals surface area contributed by atoms with E-state index in [-0.39, 0.29) is 23.8 Å². The van der Waals surface area contributed by atoms with Crippen LogP contribution in [-0.4, -0.2) is 28.2 Å². The summed E-state index contributed by atoms with van der Waals surface area (Å²) in [6.45, 7) is 3.63. The average molecular weight is 375 g/mol. The molecule has 0 unspecified atom stereocenters. The van der Waals surface area contributed by atoms with E-state index >= 15 is 0 Å². The van der Waals surface area contributed by atoms with Crippen LogP contribution < -0.4 is 10.9 Å². The van der Waals surface area contributed by atoms with Crippen LogP contribution in [0.25, 0.3) is 11.1 Å². The van der Waals surface area contributed by atoms with Crippen LogP contribution in [0.3, 0.4) is 0 Å². The van der Waals surface area contributed by atoms with Crippen molar-refractivity contribution in [2.75, 3.05) is 6.54 Å². The van der Waals surface area contributed by atoms with Gasteiger partial charge < -0.3 is 10.3 Å². The molecule has 0 aliphatic rings. The summed E-state index contributed by atoms with van der Waals surface area (Å²) in [5.41, 5.74) is 3.71. The van der Waals surface area contributed by atoms with Crippen LogP contribution in [0.5, 0.6) is 0 Å². The molecule has 2 N–H and O–H groups in total. The summed E-state index contributed by atoms with van der Waals surface area (Å²) in [4.78, 5) is 43.5. The standard InChI is InChI=1S/C22H21N3O3/c1-3-15-10-19(14(2)25-22(15)28)17-9-18(12-23-11-17)21(27)24-13-20(26)16-7-5-4-6-8-16/h4-12H,3,13H2,1-2H3,(H,24,27)(H,25,28). The Labute approximate surface area is 162 Å². The van der Waals surface area contributed by atoms with Gasteiger partial charge in [-0.1, -0.05) is 37.3 Å². The quantitative estimate of drug-likeness (QED) is 0.648. The largest absolute Gasteiger partial charge is 0.345 e. The molecular weight excluding hydrogens is 354 g/mol. The molecule has 1 amide bonds. The highest BCUT2D eigenvalue weighted by Gasteiger charge is 2.13. The van der Waals surface area contributed by atoms with E-state index in [9.17, 15) is 14.4 Å². The van der Waals surface area contributed by atoms with E-state index in [0.29, 0.717) is 28.8 Å². The van der Waals surface area contributed by atoms with Gasteiger partial charge in [0, 0.05) is 40.3 Å². The molecule has 1 aromatic carbocycles. The molecule has 6 heteroatoms. The van der Waals surface area contributed by atoms with Gasteiger partial charge in [-0.3, -0.25) is 19.4 Å². The second-order valence-electron chi connectivity index (χ2n) is 6.45. The maximum Gasteiger partial charge on any atom is 0.253 e. The van der Waals surface area contributed by atoms with E-state index in [1.165, 1.54) is 6.20 Å². The van der Waals surface area contributed by atoms with Gasteiger partial charge in [0.05, 0.1) is 12.1 Å². The predicted molar refractivity (Wildman–Crippen MR) is 108 cm³/mol. The molecule has 0 bridgehead atoms. The van der Waals surface area contributed by atoms with Crippen LogP contribution in [-0.2, 0) is 6.42 Å². The highest BCUT2D eigenvalue weighted by Crippen LogP contribution is 2.22. The number of carbonyl (C=O) groups excluding carboxylic acids is 2. The number of nitrogens with zero attached hydrogens (tertiary/aromatic N) is 1. The summed E-state index contributed by atoms with van der Waals surface area (Å²) in [7, 11) is 0.